The number of ketones is 1. The Morgan fingerprint density at radius 3 is 2.35 bits per heavy atom. The van der Waals surface area contributed by atoms with Gasteiger partial charge in [-0.1, -0.05) is 0 Å². The summed E-state index contributed by atoms with van der Waals surface area (Å²) in [5, 5.41) is 0. The van der Waals surface area contributed by atoms with Crippen molar-refractivity contribution in [1.82, 2.24) is 4.98 Å². The number of carbonyl (C=O) groups is 1. The number of nitrogens with zero attached hydrogens (tertiary/aromatic N) is 1. The number of halogens is 2. The molecule has 0 saturated heterocycles. The zero-order valence-corrected chi connectivity index (χ0v) is 14.0. The van der Waals surface area contributed by atoms with E-state index < -0.39 is 0 Å². The van der Waals surface area contributed by atoms with E-state index in [1.807, 2.05) is 0 Å². The van der Waals surface area contributed by atoms with Gasteiger partial charge in [-0.25, -0.2) is 4.98 Å². The van der Waals surface area contributed by atoms with E-state index in [1.165, 1.54) is 13.1 Å². The molecule has 6 heteroatoms. The van der Waals surface area contributed by atoms with Crippen LogP contribution in [0, 0.1) is 0 Å². The van der Waals surface area contributed by atoms with E-state index in [2.05, 4.69) is 36.8 Å². The van der Waals surface area contributed by atoms with Gasteiger partial charge in [0.1, 0.15) is 11.5 Å². The summed E-state index contributed by atoms with van der Waals surface area (Å²) < 4.78 is 12.4. The first-order chi connectivity index (χ1) is 9.51. The third-order valence-electron chi connectivity index (χ3n) is 2.56. The minimum atomic E-state index is -0.0302. The highest BCUT2D eigenvalue weighted by atomic mass is 79.9. The van der Waals surface area contributed by atoms with E-state index >= 15 is 0 Å². The van der Waals surface area contributed by atoms with E-state index in [-0.39, 0.29) is 5.78 Å². The molecule has 2 rings (SSSR count). The Morgan fingerprint density at radius 1 is 1.15 bits per heavy atom. The fraction of sp³-hybridized carbons (Fsp3) is 0.143. The molecule has 0 unspecified atom stereocenters. The normalized spacial score (nSPS) is 10.2. The van der Waals surface area contributed by atoms with Crippen LogP contribution in [0.2, 0.25) is 0 Å². The quantitative estimate of drug-likeness (QED) is 0.703. The number of aromatic nitrogens is 1. The predicted molar refractivity (Wildman–Crippen MR) is 82.7 cm³/mol. The first-order valence-corrected chi connectivity index (χ1v) is 7.27. The molecule has 0 bridgehead atoms. The fourth-order valence-electron chi connectivity index (χ4n) is 1.51. The number of ether oxygens (including phenoxy) is 2. The van der Waals surface area contributed by atoms with Crippen molar-refractivity contribution in [2.24, 2.45) is 0 Å². The summed E-state index contributed by atoms with van der Waals surface area (Å²) in [4.78, 5) is 15.3. The Labute approximate surface area is 133 Å². The van der Waals surface area contributed by atoms with Crippen LogP contribution in [0.15, 0.2) is 39.4 Å². The number of carbonyl (C=O) groups excluding carboxylic acids is 1. The first-order valence-electron chi connectivity index (χ1n) is 5.69. The van der Waals surface area contributed by atoms with Crippen molar-refractivity contribution in [3.8, 4) is 17.4 Å². The van der Waals surface area contributed by atoms with Gasteiger partial charge in [-0.15, -0.1) is 0 Å². The lowest BCUT2D eigenvalue weighted by Gasteiger charge is -2.10. The summed E-state index contributed by atoms with van der Waals surface area (Å²) in [7, 11) is 1.59. The van der Waals surface area contributed by atoms with Crippen LogP contribution >= 0.6 is 31.9 Å². The van der Waals surface area contributed by atoms with E-state index in [0.717, 1.165) is 8.95 Å². The monoisotopic (exact) mass is 399 g/mol. The molecule has 0 amide bonds. The molecule has 0 saturated carbocycles. The lowest BCUT2D eigenvalue weighted by molar-refractivity contribution is 0.101. The van der Waals surface area contributed by atoms with Crippen molar-refractivity contribution in [3.63, 3.8) is 0 Å². The number of hydrogen-bond acceptors (Lipinski definition) is 4. The maximum atomic E-state index is 11.2. The van der Waals surface area contributed by atoms with Gasteiger partial charge in [0.15, 0.2) is 5.78 Å². The van der Waals surface area contributed by atoms with Crippen LogP contribution in [0.25, 0.3) is 0 Å². The van der Waals surface area contributed by atoms with E-state index in [0.29, 0.717) is 22.9 Å². The molecule has 20 heavy (non-hydrogen) atoms. The summed E-state index contributed by atoms with van der Waals surface area (Å²) in [6.45, 7) is 1.49. The standard InChI is InChI=1S/C14H11Br2NO3/c1-8(18)9-3-4-14(17-7-9)20-13-6-10(15)12(19-2)5-11(13)16/h3-7H,1-2H3. The Kier molecular flexibility index (Phi) is 4.77. The number of Topliss-reactive ketones (excluding diaryl/α,β-unsaturated/α-hetero) is 1. The van der Waals surface area contributed by atoms with Gasteiger partial charge in [-0.3, -0.25) is 4.79 Å². The maximum absolute atomic E-state index is 11.2. The van der Waals surface area contributed by atoms with Gasteiger partial charge in [0.05, 0.1) is 16.1 Å². The molecule has 0 atom stereocenters. The highest BCUT2D eigenvalue weighted by molar-refractivity contribution is 9.11. The second kappa shape index (κ2) is 6.37. The topological polar surface area (TPSA) is 48.4 Å². The SMILES string of the molecule is COc1cc(Br)c(Oc2ccc(C(C)=O)cn2)cc1Br. The molecule has 4 nitrogen and oxygen atoms in total. The van der Waals surface area contributed by atoms with Crippen LogP contribution in [0.3, 0.4) is 0 Å². The summed E-state index contributed by atoms with van der Waals surface area (Å²) in [6.07, 6.45) is 1.49. The van der Waals surface area contributed by atoms with Crippen molar-refractivity contribution in [2.75, 3.05) is 7.11 Å². The minimum Gasteiger partial charge on any atom is -0.496 e. The second-order valence-electron chi connectivity index (χ2n) is 3.96. The van der Waals surface area contributed by atoms with Crippen LogP contribution in [0.1, 0.15) is 17.3 Å². The summed E-state index contributed by atoms with van der Waals surface area (Å²) >= 11 is 6.80. The fourth-order valence-corrected chi connectivity index (χ4v) is 2.39. The Balaban J connectivity index is 2.25. The molecular formula is C14H11Br2NO3. The van der Waals surface area contributed by atoms with Gasteiger partial charge in [0, 0.05) is 17.8 Å². The van der Waals surface area contributed by atoms with Crippen LogP contribution < -0.4 is 9.47 Å². The predicted octanol–water partition coefficient (Wildman–Crippen LogP) is 4.61. The summed E-state index contributed by atoms with van der Waals surface area (Å²) in [5.74, 6) is 1.68. The molecule has 0 radical (unpaired) electrons. The zero-order chi connectivity index (χ0) is 14.7. The molecule has 1 aromatic heterocycles. The lowest BCUT2D eigenvalue weighted by Crippen LogP contribution is -1.95. The number of hydrogen-bond donors (Lipinski definition) is 0. The average molecular weight is 401 g/mol. The number of benzene rings is 1. The summed E-state index contributed by atoms with van der Waals surface area (Å²) in [6, 6.07) is 6.91. The molecule has 2 aromatic rings. The number of methoxy groups -OCH3 is 1. The van der Waals surface area contributed by atoms with Crippen molar-refractivity contribution in [3.05, 3.63) is 45.0 Å². The number of rotatable bonds is 4. The third kappa shape index (κ3) is 3.37. The third-order valence-corrected chi connectivity index (χ3v) is 3.80. The molecule has 0 aliphatic heterocycles. The van der Waals surface area contributed by atoms with Crippen molar-refractivity contribution >= 4 is 37.6 Å². The van der Waals surface area contributed by atoms with Gasteiger partial charge < -0.3 is 9.47 Å². The van der Waals surface area contributed by atoms with Crippen LogP contribution in [-0.2, 0) is 0 Å². The largest absolute Gasteiger partial charge is 0.496 e. The van der Waals surface area contributed by atoms with Crippen molar-refractivity contribution in [2.45, 2.75) is 6.92 Å². The van der Waals surface area contributed by atoms with Crippen molar-refractivity contribution < 1.29 is 14.3 Å². The molecule has 1 heterocycles. The van der Waals surface area contributed by atoms with Gasteiger partial charge in [0.2, 0.25) is 5.88 Å². The second-order valence-corrected chi connectivity index (χ2v) is 5.67. The zero-order valence-electron chi connectivity index (χ0n) is 10.8. The Bertz CT molecular complexity index is 642. The van der Waals surface area contributed by atoms with Crippen LogP contribution in [0.4, 0.5) is 0 Å². The van der Waals surface area contributed by atoms with Crippen molar-refractivity contribution in [1.29, 1.82) is 0 Å². The molecule has 104 valence electrons. The average Bonchev–Trinajstić information content (AvgIpc) is 2.43. The molecule has 0 spiro atoms. The molecule has 0 aliphatic rings. The number of pyridine rings is 1. The maximum Gasteiger partial charge on any atom is 0.219 e. The van der Waals surface area contributed by atoms with Crippen LogP contribution in [0.5, 0.6) is 17.4 Å². The van der Waals surface area contributed by atoms with Gasteiger partial charge in [-0.05, 0) is 57.0 Å². The molecular weight excluding hydrogens is 390 g/mol. The Morgan fingerprint density at radius 2 is 1.80 bits per heavy atom. The van der Waals surface area contributed by atoms with Gasteiger partial charge >= 0.3 is 0 Å². The molecule has 0 N–H and O–H groups in total. The van der Waals surface area contributed by atoms with E-state index in [9.17, 15) is 4.79 Å². The van der Waals surface area contributed by atoms with E-state index in [1.54, 1.807) is 31.4 Å². The van der Waals surface area contributed by atoms with E-state index in [4.69, 9.17) is 9.47 Å². The highest BCUT2D eigenvalue weighted by Gasteiger charge is 2.10. The molecule has 0 fully saturated rings. The molecule has 1 aromatic carbocycles. The highest BCUT2D eigenvalue weighted by Crippen LogP contribution is 2.37. The molecule has 0 aliphatic carbocycles. The first kappa shape index (κ1) is 15.0. The van der Waals surface area contributed by atoms with Gasteiger partial charge in [0.25, 0.3) is 0 Å². The smallest absolute Gasteiger partial charge is 0.219 e. The summed E-state index contributed by atoms with van der Waals surface area (Å²) in [5.41, 5.74) is 0.548. The van der Waals surface area contributed by atoms with Gasteiger partial charge in [-0.2, -0.15) is 0 Å². The van der Waals surface area contributed by atoms with Crippen LogP contribution in [-0.4, -0.2) is 17.9 Å². The Hall–Kier alpha value is -1.40. The lowest BCUT2D eigenvalue weighted by atomic mass is 10.2. The minimum absolute atomic E-state index is 0.0302.